The molecular weight excluding hydrogens is 433 g/mol. The lowest BCUT2D eigenvalue weighted by Gasteiger charge is -2.16. The highest BCUT2D eigenvalue weighted by atomic mass is 32.2. The van der Waals surface area contributed by atoms with Gasteiger partial charge in [0.2, 0.25) is 0 Å². The molecule has 1 fully saturated rings. The summed E-state index contributed by atoms with van der Waals surface area (Å²) in [5, 5.41) is 3.81. The van der Waals surface area contributed by atoms with Crippen molar-refractivity contribution in [2.24, 2.45) is 0 Å². The van der Waals surface area contributed by atoms with E-state index in [-0.39, 0.29) is 5.92 Å². The maximum absolute atomic E-state index is 12.9. The van der Waals surface area contributed by atoms with E-state index in [1.807, 2.05) is 47.0 Å². The zero-order valence-electron chi connectivity index (χ0n) is 17.3. The summed E-state index contributed by atoms with van der Waals surface area (Å²) >= 11 is 0.691. The average Bonchev–Trinajstić information content (AvgIpc) is 3.53. The number of aromatic nitrogens is 3. The molecule has 2 aromatic heterocycles. The van der Waals surface area contributed by atoms with Gasteiger partial charge in [-0.05, 0) is 24.8 Å². The number of hydrogen-bond donors (Lipinski definition) is 1. The molecule has 1 unspecified atom stereocenters. The molecule has 32 heavy (non-hydrogen) atoms. The lowest BCUT2D eigenvalue weighted by atomic mass is 9.98. The largest absolute Gasteiger partial charge is 0.398 e. The van der Waals surface area contributed by atoms with Gasteiger partial charge in [0, 0.05) is 30.3 Å². The van der Waals surface area contributed by atoms with E-state index in [0.29, 0.717) is 28.5 Å². The minimum Gasteiger partial charge on any atom is -0.310 e. The second-order valence-corrected chi connectivity index (χ2v) is 9.18. The van der Waals surface area contributed by atoms with Gasteiger partial charge in [-0.3, -0.25) is 4.40 Å². The number of nitrogens with zero attached hydrogens (tertiary/aromatic N) is 3. The number of allylic oxidation sites excluding steroid dienone is 4. The predicted molar refractivity (Wildman–Crippen MR) is 121 cm³/mol. The lowest BCUT2D eigenvalue weighted by Crippen LogP contribution is -2.15. The summed E-state index contributed by atoms with van der Waals surface area (Å²) in [4.78, 5) is 9.02. The second-order valence-electron chi connectivity index (χ2n) is 8.22. The van der Waals surface area contributed by atoms with Crippen molar-refractivity contribution >= 4 is 17.4 Å². The van der Waals surface area contributed by atoms with Crippen molar-refractivity contribution in [3.63, 3.8) is 0 Å². The number of imidazole rings is 1. The quantitative estimate of drug-likeness (QED) is 0.450. The summed E-state index contributed by atoms with van der Waals surface area (Å²) in [5.41, 5.74) is 4.21. The van der Waals surface area contributed by atoms with Crippen LogP contribution in [0.25, 0.3) is 16.9 Å². The van der Waals surface area contributed by atoms with Gasteiger partial charge >= 0.3 is 6.18 Å². The van der Waals surface area contributed by atoms with Crippen molar-refractivity contribution in [3.8, 4) is 11.3 Å². The molecule has 8 heteroatoms. The number of thioether (sulfide) groups is 1. The topological polar surface area (TPSA) is 42.2 Å². The Balaban J connectivity index is 1.50. The molecule has 0 aliphatic heterocycles. The van der Waals surface area contributed by atoms with E-state index in [4.69, 9.17) is 0 Å². The Kier molecular flexibility index (Phi) is 5.82. The Morgan fingerprint density at radius 2 is 1.94 bits per heavy atom. The van der Waals surface area contributed by atoms with Crippen LogP contribution in [0.3, 0.4) is 0 Å². The van der Waals surface area contributed by atoms with E-state index < -0.39 is 11.9 Å². The molecule has 1 aromatic carbocycles. The molecule has 0 spiro atoms. The van der Waals surface area contributed by atoms with Crippen molar-refractivity contribution in [1.29, 1.82) is 0 Å². The Labute approximate surface area is 188 Å². The van der Waals surface area contributed by atoms with Crippen molar-refractivity contribution in [1.82, 2.24) is 19.7 Å². The number of halogens is 3. The molecule has 1 saturated carbocycles. The summed E-state index contributed by atoms with van der Waals surface area (Å²) in [6.07, 6.45) is 10.6. The molecule has 0 amide bonds. The van der Waals surface area contributed by atoms with Crippen LogP contribution in [0.5, 0.6) is 0 Å². The van der Waals surface area contributed by atoms with Gasteiger partial charge in [-0.25, -0.2) is 9.97 Å². The van der Waals surface area contributed by atoms with Crippen LogP contribution in [0.1, 0.15) is 36.4 Å². The van der Waals surface area contributed by atoms with Gasteiger partial charge in [-0.2, -0.15) is 13.2 Å². The smallest absolute Gasteiger partial charge is 0.310 e. The first-order chi connectivity index (χ1) is 15.5. The first-order valence-corrected chi connectivity index (χ1v) is 11.7. The molecule has 3 aromatic rings. The number of benzene rings is 1. The van der Waals surface area contributed by atoms with Crippen molar-refractivity contribution in [3.05, 3.63) is 72.2 Å². The normalized spacial score (nSPS) is 18.5. The Bertz CT molecular complexity index is 1160. The average molecular weight is 457 g/mol. The Morgan fingerprint density at radius 3 is 2.62 bits per heavy atom. The maximum atomic E-state index is 12.9. The zero-order chi connectivity index (χ0) is 22.1. The van der Waals surface area contributed by atoms with Gasteiger partial charge in [0.05, 0.1) is 23.3 Å². The molecule has 1 atom stereocenters. The van der Waals surface area contributed by atoms with Gasteiger partial charge in [-0.15, -0.1) is 0 Å². The van der Waals surface area contributed by atoms with Crippen LogP contribution in [0.4, 0.5) is 13.2 Å². The van der Waals surface area contributed by atoms with Gasteiger partial charge in [0.1, 0.15) is 5.03 Å². The van der Waals surface area contributed by atoms with Crippen molar-refractivity contribution in [2.45, 2.75) is 49.0 Å². The standard InChI is InChI=1S/C24H23F3N4S/c25-24(26,27)15-32-23-22-29-13-21(18-8-6-16(7-9-18)12-28-19-10-11-19)31(22)14-20(30-23)17-4-2-1-3-5-17/h1-4,6-9,13-14,17,19,28H,5,10-12,15H2. The van der Waals surface area contributed by atoms with Gasteiger partial charge in [0.15, 0.2) is 5.65 Å². The van der Waals surface area contributed by atoms with Crippen LogP contribution in [0.15, 0.2) is 66.0 Å². The third kappa shape index (κ3) is 4.91. The van der Waals surface area contributed by atoms with Crippen molar-refractivity contribution < 1.29 is 13.2 Å². The first kappa shape index (κ1) is 21.3. The summed E-state index contributed by atoms with van der Waals surface area (Å²) in [6.45, 7) is 0.839. The van der Waals surface area contributed by atoms with Crippen LogP contribution in [0, 0.1) is 0 Å². The lowest BCUT2D eigenvalue weighted by molar-refractivity contribution is -0.105. The highest BCUT2D eigenvalue weighted by Crippen LogP contribution is 2.33. The van der Waals surface area contributed by atoms with E-state index in [1.54, 1.807) is 6.20 Å². The second kappa shape index (κ2) is 8.75. The van der Waals surface area contributed by atoms with E-state index in [2.05, 4.69) is 27.4 Å². The predicted octanol–water partition coefficient (Wildman–Crippen LogP) is 5.90. The molecule has 1 N–H and O–H groups in total. The summed E-state index contributed by atoms with van der Waals surface area (Å²) in [7, 11) is 0. The zero-order valence-corrected chi connectivity index (χ0v) is 18.2. The Morgan fingerprint density at radius 1 is 1.12 bits per heavy atom. The molecule has 2 heterocycles. The van der Waals surface area contributed by atoms with Gasteiger partial charge in [-0.1, -0.05) is 60.3 Å². The fourth-order valence-corrected chi connectivity index (χ4v) is 4.51. The fraction of sp³-hybridized carbons (Fsp3) is 0.333. The van der Waals surface area contributed by atoms with E-state index >= 15 is 0 Å². The van der Waals surface area contributed by atoms with E-state index in [1.165, 1.54) is 18.4 Å². The summed E-state index contributed by atoms with van der Waals surface area (Å²) in [5.74, 6) is -0.967. The minimum atomic E-state index is -4.27. The number of rotatable bonds is 7. The van der Waals surface area contributed by atoms with Crippen LogP contribution in [-0.2, 0) is 6.54 Å². The molecule has 166 valence electrons. The molecule has 0 saturated heterocycles. The van der Waals surface area contributed by atoms with Crippen LogP contribution in [0.2, 0.25) is 0 Å². The maximum Gasteiger partial charge on any atom is 0.398 e. The molecular formula is C24H23F3N4S. The first-order valence-electron chi connectivity index (χ1n) is 10.7. The van der Waals surface area contributed by atoms with Crippen LogP contribution < -0.4 is 5.32 Å². The number of hydrogen-bond acceptors (Lipinski definition) is 4. The number of fused-ring (bicyclic) bond motifs is 1. The van der Waals surface area contributed by atoms with E-state index in [0.717, 1.165) is 29.9 Å². The summed E-state index contributed by atoms with van der Waals surface area (Å²) < 4.78 is 40.6. The van der Waals surface area contributed by atoms with E-state index in [9.17, 15) is 13.2 Å². The SMILES string of the molecule is FC(F)(F)CSc1nc(C2C=CC=CC2)cn2c(-c3ccc(CNC4CC4)cc3)cnc12. The monoisotopic (exact) mass is 456 g/mol. The highest BCUT2D eigenvalue weighted by molar-refractivity contribution is 7.99. The summed E-state index contributed by atoms with van der Waals surface area (Å²) in [6, 6.07) is 8.90. The van der Waals surface area contributed by atoms with Gasteiger partial charge in [0.25, 0.3) is 0 Å². The van der Waals surface area contributed by atoms with Crippen LogP contribution in [-0.4, -0.2) is 32.3 Å². The van der Waals surface area contributed by atoms with Crippen LogP contribution >= 0.6 is 11.8 Å². The molecule has 2 aliphatic carbocycles. The minimum absolute atomic E-state index is 0.0285. The third-order valence-electron chi connectivity index (χ3n) is 5.64. The molecule has 0 radical (unpaired) electrons. The highest BCUT2D eigenvalue weighted by Gasteiger charge is 2.29. The Hall–Kier alpha value is -2.58. The molecule has 2 aliphatic rings. The molecule has 5 rings (SSSR count). The van der Waals surface area contributed by atoms with Gasteiger partial charge < -0.3 is 5.32 Å². The third-order valence-corrected chi connectivity index (χ3v) is 6.65. The molecule has 0 bridgehead atoms. The molecule has 4 nitrogen and oxygen atoms in total. The number of nitrogens with one attached hydrogen (secondary N) is 1. The number of alkyl halides is 3. The van der Waals surface area contributed by atoms with Crippen molar-refractivity contribution in [2.75, 3.05) is 5.75 Å². The fourth-order valence-electron chi connectivity index (χ4n) is 3.76.